The number of hydrogen-bond donors (Lipinski definition) is 8. The third-order valence-corrected chi connectivity index (χ3v) is 29.9. The van der Waals surface area contributed by atoms with Crippen molar-refractivity contribution in [2.24, 2.45) is 90.5 Å². The molecule has 3 aliphatic carbocycles. The Balaban J connectivity index is 0.000000130. The van der Waals surface area contributed by atoms with Gasteiger partial charge in [0, 0.05) is 144 Å². The van der Waals surface area contributed by atoms with Gasteiger partial charge in [-0.05, 0) is 195 Å². The van der Waals surface area contributed by atoms with Crippen LogP contribution in [0.25, 0.3) is 44.5 Å². The van der Waals surface area contributed by atoms with E-state index in [0.29, 0.717) is 103 Å². The number of nitrogen functional groups attached to an aromatic ring is 4. The molecule has 26 nitrogen and oxygen atoms in total. The van der Waals surface area contributed by atoms with Gasteiger partial charge in [-0.1, -0.05) is 133 Å². The van der Waals surface area contributed by atoms with E-state index in [4.69, 9.17) is 118 Å². The number of anilines is 8. The van der Waals surface area contributed by atoms with Crippen LogP contribution in [0.2, 0.25) is 25.1 Å². The number of benzene rings is 4. The molecule has 9 aliphatic rings. The molecule has 634 valence electrons. The molecule has 4 aromatic carbocycles. The SMILES string of the molecule is C[C@@H]1CCC2(CCN(c3nc(N)c(-c4cc(Cl)cc(Cl)c4)c(=O)n3C)CC2)[C@@H]1N.C[C@@H]1CCC2(CCN(c3nc(N)c(-c4cc(Cl)cc(Cl)c4Cl)c(=O)n3C)CC2)[C@@H]1N.C[C@@H]1CCC2(CCN(c3nc(N)c(-c4ccc(C5CCOCC5)cc4)c(=O)n3C)CC2)[C@@H]1N.Cn1c(N2CCC3(CC2)COC[C@H]3N)nc(N)c(-c2ccccc2)c1=O. The fourth-order valence-electron chi connectivity index (χ4n) is 20.6. The van der Waals surface area contributed by atoms with Crippen LogP contribution in [-0.4, -0.2) is 141 Å². The molecule has 16 N–H and O–H groups in total. The molecule has 31 heteroatoms. The Hall–Kier alpha value is -7.99. The molecule has 6 saturated heterocycles. The minimum Gasteiger partial charge on any atom is -0.383 e. The number of ether oxygens (including phenoxy) is 2. The summed E-state index contributed by atoms with van der Waals surface area (Å²) < 4.78 is 17.4. The van der Waals surface area contributed by atoms with Crippen molar-refractivity contribution >= 4 is 105 Å². The lowest BCUT2D eigenvalue weighted by Crippen LogP contribution is -2.50. The number of nitrogens with two attached hydrogens (primary N) is 8. The molecule has 0 bridgehead atoms. The van der Waals surface area contributed by atoms with Gasteiger partial charge in [0.2, 0.25) is 23.8 Å². The van der Waals surface area contributed by atoms with Crippen molar-refractivity contribution in [3.8, 4) is 44.5 Å². The minimum absolute atomic E-state index is 0.0604. The van der Waals surface area contributed by atoms with E-state index in [0.717, 1.165) is 148 Å². The first-order valence-electron chi connectivity index (χ1n) is 41.7. The summed E-state index contributed by atoms with van der Waals surface area (Å²) in [5, 5.41) is 1.74. The zero-order chi connectivity index (χ0) is 84.2. The van der Waals surface area contributed by atoms with Gasteiger partial charge in [-0.2, -0.15) is 19.9 Å². The van der Waals surface area contributed by atoms with E-state index in [2.05, 4.69) is 67.5 Å². The van der Waals surface area contributed by atoms with Crippen LogP contribution in [0.5, 0.6) is 0 Å². The molecule has 0 unspecified atom stereocenters. The van der Waals surface area contributed by atoms with Crippen LogP contribution in [-0.2, 0) is 37.7 Å². The smallest absolute Gasteiger partial charge is 0.264 e. The van der Waals surface area contributed by atoms with Gasteiger partial charge in [-0.25, -0.2) is 0 Å². The van der Waals surface area contributed by atoms with Gasteiger partial charge < -0.3 is 74.9 Å². The maximum atomic E-state index is 13.4. The average molecular weight is 1710 g/mol. The minimum atomic E-state index is -0.288. The highest BCUT2D eigenvalue weighted by atomic mass is 35.5. The second-order valence-corrected chi connectivity index (χ2v) is 37.2. The molecule has 0 amide bonds. The Bertz CT molecular complexity index is 5220. The molecule has 4 spiro atoms. The average Bonchev–Trinajstić information content (AvgIpc) is 0.923. The molecular formula is C87H115Cl5N20O6. The molecule has 17 rings (SSSR count). The van der Waals surface area contributed by atoms with Crippen molar-refractivity contribution in [1.82, 2.24) is 38.2 Å². The van der Waals surface area contributed by atoms with Gasteiger partial charge in [0.05, 0.1) is 45.5 Å². The maximum Gasteiger partial charge on any atom is 0.264 e. The van der Waals surface area contributed by atoms with Crippen molar-refractivity contribution in [2.75, 3.05) is 121 Å². The standard InChI is InChI=1S/C26H37N5O2.C21H26Cl3N5O.C21H27Cl2N5O.C19H25N5O2/c1-17-7-10-26(22(17)27)11-13-31(14-12-26)25-29-23(28)21(24(32)30(25)2)20-5-3-18(4-6-20)19-8-15-33-16-9-19;1-11-3-4-21(17(11)25)5-7-29(8-6-21)20-27-18(26)15(19(30)28(20)2)13-9-12(22)10-14(23)16(13)24;1-12-3-4-21(17(12)24)5-7-28(8-6-21)20-26-18(25)16(19(29)27(20)2)13-9-14(22)11-15(23)10-13;1-23-17(25)15(13-5-3-2-4-6-13)16(21)22-18(23)24-9-7-19(8-10-24)12-26-11-14(19)20/h3-6,17,19,22H,7-16,27-28H2,1-2H3;9-11,17H,3-8,25-26H2,1-2H3;9-12,17H,3-8,24-25H2,1-2H3;2-6,14H,7-12,20-21H2,1H3/t17-,22-;11-,17-;12-,17-;14-/m1111/s1. The van der Waals surface area contributed by atoms with E-state index in [-0.39, 0.29) is 101 Å². The Kier molecular flexibility index (Phi) is 25.8. The number of hydrogen-bond acceptors (Lipinski definition) is 22. The Labute approximate surface area is 715 Å². The fourth-order valence-corrected chi connectivity index (χ4v) is 21.8. The zero-order valence-electron chi connectivity index (χ0n) is 68.8. The second-order valence-electron chi connectivity index (χ2n) is 35.1. The van der Waals surface area contributed by atoms with Crippen LogP contribution in [0.15, 0.2) is 104 Å². The predicted molar refractivity (Wildman–Crippen MR) is 479 cm³/mol. The number of nitrogens with zero attached hydrogens (tertiary/aromatic N) is 12. The van der Waals surface area contributed by atoms with Crippen molar-refractivity contribution < 1.29 is 9.47 Å². The largest absolute Gasteiger partial charge is 0.383 e. The molecular weight excluding hydrogens is 1600 g/mol. The number of aromatic nitrogens is 8. The lowest BCUT2D eigenvalue weighted by molar-refractivity contribution is 0.0853. The third kappa shape index (κ3) is 16.8. The molecule has 4 aromatic heterocycles. The molecule has 9 fully saturated rings. The Morgan fingerprint density at radius 2 is 0.729 bits per heavy atom. The van der Waals surface area contributed by atoms with Gasteiger partial charge in [-0.3, -0.25) is 37.4 Å². The summed E-state index contributed by atoms with van der Waals surface area (Å²) in [6.45, 7) is 16.3. The quantitative estimate of drug-likeness (QED) is 0.0622. The van der Waals surface area contributed by atoms with Crippen LogP contribution < -0.4 is 87.7 Å². The monoisotopic (exact) mass is 1710 g/mol. The van der Waals surface area contributed by atoms with Crippen LogP contribution in [0, 0.1) is 39.4 Å². The predicted octanol–water partition coefficient (Wildman–Crippen LogP) is 12.3. The molecule has 7 atom stereocenters. The highest BCUT2D eigenvalue weighted by molar-refractivity contribution is 6.45. The van der Waals surface area contributed by atoms with E-state index in [1.165, 1.54) is 54.7 Å². The van der Waals surface area contributed by atoms with Crippen LogP contribution in [0.3, 0.4) is 0 Å². The van der Waals surface area contributed by atoms with E-state index in [9.17, 15) is 19.2 Å². The summed E-state index contributed by atoms with van der Waals surface area (Å²) in [7, 11) is 6.98. The summed E-state index contributed by atoms with van der Waals surface area (Å²) in [6.07, 6.45) is 17.2. The summed E-state index contributed by atoms with van der Waals surface area (Å²) in [4.78, 5) is 79.7. The van der Waals surface area contributed by atoms with E-state index in [1.54, 1.807) is 66.2 Å². The van der Waals surface area contributed by atoms with E-state index >= 15 is 0 Å². The first-order valence-corrected chi connectivity index (χ1v) is 43.6. The molecule has 10 heterocycles. The maximum absolute atomic E-state index is 13.4. The second kappa shape index (κ2) is 35.2. The van der Waals surface area contributed by atoms with Crippen molar-refractivity contribution in [3.05, 3.63) is 157 Å². The van der Waals surface area contributed by atoms with E-state index < -0.39 is 0 Å². The Morgan fingerprint density at radius 1 is 0.390 bits per heavy atom. The summed E-state index contributed by atoms with van der Waals surface area (Å²) in [6, 6.07) is 26.6. The normalized spacial score (nSPS) is 23.8. The summed E-state index contributed by atoms with van der Waals surface area (Å²) in [5.74, 6) is 5.55. The van der Waals surface area contributed by atoms with Gasteiger partial charge in [-0.15, -0.1) is 0 Å². The lowest BCUT2D eigenvalue weighted by Gasteiger charge is -2.43. The lowest BCUT2D eigenvalue weighted by atomic mass is 9.73. The van der Waals surface area contributed by atoms with Gasteiger partial charge in [0.1, 0.15) is 23.3 Å². The first-order chi connectivity index (χ1) is 56.3. The van der Waals surface area contributed by atoms with Crippen molar-refractivity contribution in [1.29, 1.82) is 0 Å². The summed E-state index contributed by atoms with van der Waals surface area (Å²) >= 11 is 30.8. The summed E-state index contributed by atoms with van der Waals surface area (Å²) in [5.41, 5.74) is 56.2. The molecule has 8 aromatic rings. The van der Waals surface area contributed by atoms with Gasteiger partial charge in [0.15, 0.2) is 0 Å². The zero-order valence-corrected chi connectivity index (χ0v) is 72.6. The molecule has 3 saturated carbocycles. The van der Waals surface area contributed by atoms with Crippen LogP contribution in [0.4, 0.5) is 47.1 Å². The Morgan fingerprint density at radius 3 is 1.08 bits per heavy atom. The number of halogens is 5. The topological polar surface area (TPSA) is 379 Å². The van der Waals surface area contributed by atoms with Crippen molar-refractivity contribution in [3.63, 3.8) is 0 Å². The highest BCUT2D eigenvalue weighted by Gasteiger charge is 2.50. The highest BCUT2D eigenvalue weighted by Crippen LogP contribution is 2.52. The molecule has 6 aliphatic heterocycles. The van der Waals surface area contributed by atoms with Crippen LogP contribution in [0.1, 0.15) is 135 Å². The van der Waals surface area contributed by atoms with Gasteiger partial charge in [0.25, 0.3) is 22.2 Å². The van der Waals surface area contributed by atoms with Crippen LogP contribution >= 0.6 is 58.0 Å². The molecule has 118 heavy (non-hydrogen) atoms. The fraction of sp³-hybridized carbons (Fsp3) is 0.540. The number of piperidine rings is 4. The third-order valence-electron chi connectivity index (χ3n) is 28.4. The van der Waals surface area contributed by atoms with E-state index in [1.807, 2.05) is 42.5 Å². The van der Waals surface area contributed by atoms with Gasteiger partial charge >= 0.3 is 0 Å². The number of rotatable bonds is 9. The molecule has 0 radical (unpaired) electrons. The van der Waals surface area contributed by atoms with Crippen molar-refractivity contribution in [2.45, 2.75) is 154 Å². The first kappa shape index (κ1) is 86.4.